The molecule has 2 heteroatoms. The van der Waals surface area contributed by atoms with E-state index >= 15 is 0 Å². The summed E-state index contributed by atoms with van der Waals surface area (Å²) in [7, 11) is 0. The van der Waals surface area contributed by atoms with E-state index in [2.05, 4.69) is 13.8 Å². The van der Waals surface area contributed by atoms with Crippen LogP contribution in [-0.4, -0.2) is 6.54 Å². The molecule has 104 valence electrons. The van der Waals surface area contributed by atoms with Crippen molar-refractivity contribution in [2.45, 2.75) is 60.8 Å². The number of allylic oxidation sites excluding steroid dienone is 3. The fourth-order valence-electron chi connectivity index (χ4n) is 1.22. The third kappa shape index (κ3) is 21.1. The number of rotatable bonds is 5. The van der Waals surface area contributed by atoms with Crippen molar-refractivity contribution in [1.82, 2.24) is 0 Å². The molecule has 0 saturated heterocycles. The van der Waals surface area contributed by atoms with Crippen LogP contribution in [0.1, 0.15) is 60.8 Å². The third-order valence-electron chi connectivity index (χ3n) is 2.30. The van der Waals surface area contributed by atoms with Gasteiger partial charge in [0, 0.05) is 0 Å². The molecule has 0 spiro atoms. The van der Waals surface area contributed by atoms with Gasteiger partial charge < -0.3 is 11.5 Å². The molecule has 0 saturated carbocycles. The minimum absolute atomic E-state index is 0.778. The molecule has 0 radical (unpaired) electrons. The molecule has 2 nitrogen and oxygen atoms in total. The van der Waals surface area contributed by atoms with E-state index in [1.54, 1.807) is 6.20 Å². The molecule has 0 fully saturated rings. The zero-order valence-electron chi connectivity index (χ0n) is 12.8. The Morgan fingerprint density at radius 1 is 1.24 bits per heavy atom. The molecule has 0 aliphatic heterocycles. The quantitative estimate of drug-likeness (QED) is 0.709. The van der Waals surface area contributed by atoms with E-state index in [0.29, 0.717) is 0 Å². The second-order valence-corrected chi connectivity index (χ2v) is 3.71. The summed E-state index contributed by atoms with van der Waals surface area (Å²) in [6.45, 7) is 13.2. The van der Waals surface area contributed by atoms with E-state index in [0.717, 1.165) is 18.0 Å². The maximum atomic E-state index is 5.47. The first kappa shape index (κ1) is 21.5. The number of hydrogen-bond acceptors (Lipinski definition) is 2. The van der Waals surface area contributed by atoms with E-state index in [1.165, 1.54) is 19.3 Å². The molecule has 0 rings (SSSR count). The largest absolute Gasteiger partial charge is 0.404 e. The maximum Gasteiger partial charge on any atom is -0.00327 e. The molecular weight excluding hydrogens is 208 g/mol. The molecule has 0 amide bonds. The van der Waals surface area contributed by atoms with Crippen LogP contribution in [0.4, 0.5) is 0 Å². The predicted octanol–water partition coefficient (Wildman–Crippen LogP) is 4.22. The molecule has 0 aromatic rings. The summed E-state index contributed by atoms with van der Waals surface area (Å²) in [5, 5.41) is 0. The Morgan fingerprint density at radius 3 is 1.88 bits per heavy atom. The van der Waals surface area contributed by atoms with Crippen LogP contribution < -0.4 is 11.5 Å². The molecule has 1 unspecified atom stereocenters. The van der Waals surface area contributed by atoms with Gasteiger partial charge in [0.15, 0.2) is 0 Å². The molecule has 0 bridgehead atoms. The molecule has 0 aromatic heterocycles. The van der Waals surface area contributed by atoms with Crippen LogP contribution in [0.2, 0.25) is 0 Å². The van der Waals surface area contributed by atoms with Gasteiger partial charge in [-0.25, -0.2) is 0 Å². The first-order valence-electron chi connectivity index (χ1n) is 6.87. The first-order chi connectivity index (χ1) is 8.15. The smallest absolute Gasteiger partial charge is 0.00327 e. The van der Waals surface area contributed by atoms with Gasteiger partial charge in [0.1, 0.15) is 0 Å². The topological polar surface area (TPSA) is 52.0 Å². The fraction of sp³-hybridized carbons (Fsp3) is 0.733. The summed E-state index contributed by atoms with van der Waals surface area (Å²) in [5.41, 5.74) is 11.7. The lowest BCUT2D eigenvalue weighted by molar-refractivity contribution is 0.475. The van der Waals surface area contributed by atoms with Crippen LogP contribution in [0.3, 0.4) is 0 Å². The van der Waals surface area contributed by atoms with E-state index in [4.69, 9.17) is 11.5 Å². The SMILES string of the molecule is C/C=C\C(C)=C/N.CC.CCCC(CC)CN. The van der Waals surface area contributed by atoms with Gasteiger partial charge in [-0.1, -0.05) is 52.7 Å². The summed E-state index contributed by atoms with van der Waals surface area (Å²) >= 11 is 0. The molecule has 0 aliphatic carbocycles. The standard InChI is InChI=1S/C7H17N.C6H11N.C2H6/c1-3-5-7(4-2)6-8;1-3-4-6(2)5-7;1-2/h7H,3-6,8H2,1-2H3;3-5H,7H2,1-2H3;1-2H3/b;4-3-,6-5-;. The van der Waals surface area contributed by atoms with Gasteiger partial charge in [0.05, 0.1) is 0 Å². The second kappa shape index (κ2) is 20.6. The van der Waals surface area contributed by atoms with Gasteiger partial charge in [0.2, 0.25) is 0 Å². The van der Waals surface area contributed by atoms with Gasteiger partial charge in [-0.3, -0.25) is 0 Å². The molecule has 0 aromatic carbocycles. The van der Waals surface area contributed by atoms with Gasteiger partial charge >= 0.3 is 0 Å². The highest BCUT2D eigenvalue weighted by atomic mass is 14.5. The van der Waals surface area contributed by atoms with Crippen LogP contribution in [0.25, 0.3) is 0 Å². The minimum Gasteiger partial charge on any atom is -0.404 e. The van der Waals surface area contributed by atoms with Crippen LogP contribution in [0.5, 0.6) is 0 Å². The lowest BCUT2D eigenvalue weighted by Gasteiger charge is -2.08. The van der Waals surface area contributed by atoms with Crippen LogP contribution in [0, 0.1) is 5.92 Å². The first-order valence-corrected chi connectivity index (χ1v) is 6.87. The van der Waals surface area contributed by atoms with Crippen LogP contribution in [-0.2, 0) is 0 Å². The summed E-state index contributed by atoms with van der Waals surface area (Å²) in [6, 6.07) is 0. The van der Waals surface area contributed by atoms with Crippen molar-refractivity contribution in [2.75, 3.05) is 6.54 Å². The van der Waals surface area contributed by atoms with Crippen molar-refractivity contribution in [2.24, 2.45) is 17.4 Å². The molecule has 17 heavy (non-hydrogen) atoms. The van der Waals surface area contributed by atoms with Gasteiger partial charge in [-0.2, -0.15) is 0 Å². The minimum atomic E-state index is 0.778. The van der Waals surface area contributed by atoms with Gasteiger partial charge in [-0.05, 0) is 44.5 Å². The van der Waals surface area contributed by atoms with E-state index < -0.39 is 0 Å². The molecular formula is C15H34N2. The Labute approximate surface area is 109 Å². The molecule has 0 aliphatic rings. The Hall–Kier alpha value is -0.760. The summed E-state index contributed by atoms with van der Waals surface area (Å²) in [5.74, 6) is 0.778. The normalized spacial score (nSPS) is 12.3. The summed E-state index contributed by atoms with van der Waals surface area (Å²) in [4.78, 5) is 0. The highest BCUT2D eigenvalue weighted by molar-refractivity contribution is 5.13. The van der Waals surface area contributed by atoms with Gasteiger partial charge in [0.25, 0.3) is 0 Å². The van der Waals surface area contributed by atoms with Crippen molar-refractivity contribution in [3.63, 3.8) is 0 Å². The zero-order valence-corrected chi connectivity index (χ0v) is 12.8. The van der Waals surface area contributed by atoms with Crippen molar-refractivity contribution >= 4 is 0 Å². The van der Waals surface area contributed by atoms with Crippen LogP contribution >= 0.6 is 0 Å². The lowest BCUT2D eigenvalue weighted by Crippen LogP contribution is -2.12. The van der Waals surface area contributed by atoms with E-state index in [1.807, 2.05) is 39.8 Å². The Balaban J connectivity index is -0.000000202. The van der Waals surface area contributed by atoms with Crippen molar-refractivity contribution < 1.29 is 0 Å². The van der Waals surface area contributed by atoms with Crippen molar-refractivity contribution in [1.29, 1.82) is 0 Å². The number of nitrogens with two attached hydrogens (primary N) is 2. The van der Waals surface area contributed by atoms with Crippen molar-refractivity contribution in [3.8, 4) is 0 Å². The van der Waals surface area contributed by atoms with E-state index in [9.17, 15) is 0 Å². The summed E-state index contributed by atoms with van der Waals surface area (Å²) in [6.07, 6.45) is 9.31. The van der Waals surface area contributed by atoms with Gasteiger partial charge in [-0.15, -0.1) is 0 Å². The third-order valence-corrected chi connectivity index (χ3v) is 2.30. The molecule has 4 N–H and O–H groups in total. The average Bonchev–Trinajstić information content (AvgIpc) is 2.39. The predicted molar refractivity (Wildman–Crippen MR) is 81.8 cm³/mol. The van der Waals surface area contributed by atoms with Crippen LogP contribution in [0.15, 0.2) is 23.9 Å². The fourth-order valence-corrected chi connectivity index (χ4v) is 1.22. The average molecular weight is 242 g/mol. The Bertz CT molecular complexity index is 168. The maximum absolute atomic E-state index is 5.47. The Morgan fingerprint density at radius 2 is 1.76 bits per heavy atom. The second-order valence-electron chi connectivity index (χ2n) is 3.71. The highest BCUT2D eigenvalue weighted by Crippen LogP contribution is 2.07. The monoisotopic (exact) mass is 242 g/mol. The highest BCUT2D eigenvalue weighted by Gasteiger charge is 1.99. The molecule has 0 heterocycles. The summed E-state index contributed by atoms with van der Waals surface area (Å²) < 4.78 is 0. The molecule has 1 atom stereocenters. The number of hydrogen-bond donors (Lipinski definition) is 2. The Kier molecular flexibility index (Phi) is 26.1. The zero-order chi connectivity index (χ0) is 14.1. The lowest BCUT2D eigenvalue weighted by atomic mass is 10.0. The van der Waals surface area contributed by atoms with E-state index in [-0.39, 0.29) is 0 Å². The van der Waals surface area contributed by atoms with Crippen molar-refractivity contribution in [3.05, 3.63) is 23.9 Å².